The van der Waals surface area contributed by atoms with Gasteiger partial charge in [0.05, 0.1) is 26.4 Å². The van der Waals surface area contributed by atoms with Crippen LogP contribution in [0.15, 0.2) is 0 Å². The van der Waals surface area contributed by atoms with E-state index < -0.39 is 97.5 Å². The Balaban J connectivity index is 5.22. The largest absolute Gasteiger partial charge is 0.472 e. The van der Waals surface area contributed by atoms with Gasteiger partial charge in [-0.2, -0.15) is 0 Å². The van der Waals surface area contributed by atoms with Crippen LogP contribution in [0, 0.1) is 5.92 Å². The highest BCUT2D eigenvalue weighted by Gasteiger charge is 2.30. The summed E-state index contributed by atoms with van der Waals surface area (Å²) < 4.78 is 68.5. The maximum absolute atomic E-state index is 13.1. The monoisotopic (exact) mass is 1380 g/mol. The van der Waals surface area contributed by atoms with Crippen LogP contribution in [0.3, 0.4) is 0 Å². The van der Waals surface area contributed by atoms with Crippen molar-refractivity contribution in [3.05, 3.63) is 0 Å². The predicted octanol–water partition coefficient (Wildman–Crippen LogP) is 22.1. The van der Waals surface area contributed by atoms with E-state index in [0.717, 1.165) is 95.8 Å². The van der Waals surface area contributed by atoms with Crippen molar-refractivity contribution in [1.82, 2.24) is 0 Å². The molecule has 0 bridgehead atoms. The number of unbranched alkanes of at least 4 members (excludes halogenated alkanes) is 46. The Labute approximate surface area is 575 Å². The Morgan fingerprint density at radius 2 is 0.511 bits per heavy atom. The van der Waals surface area contributed by atoms with Gasteiger partial charge in [0.1, 0.15) is 19.3 Å². The number of carbonyl (C=O) groups is 4. The Kier molecular flexibility index (Phi) is 66.8. The van der Waals surface area contributed by atoms with Crippen molar-refractivity contribution in [2.45, 2.75) is 412 Å². The van der Waals surface area contributed by atoms with E-state index in [2.05, 4.69) is 34.6 Å². The molecule has 0 aliphatic rings. The van der Waals surface area contributed by atoms with E-state index >= 15 is 0 Å². The predicted molar refractivity (Wildman–Crippen MR) is 382 cm³/mol. The standard InChI is InChI=1S/C75H146O17P2/c1-6-10-13-16-19-22-25-26-27-28-29-30-31-32-34-41-46-51-56-61-75(80)92-71(65-86-73(78)59-54-49-44-39-36-35-37-42-47-52-57-68(5)9-4)67-90-94(83,84)88-63-69(76)62-87-93(81,82)89-66-70(64-85-72(77)58-53-48-43-38-24-21-18-15-12-8-3)91-74(79)60-55-50-45-40-33-23-20-17-14-11-7-2/h68-71,76H,6-67H2,1-5H3,(H,81,82)(H,83,84)/t68?,69-,70+,71+/m0/s1. The van der Waals surface area contributed by atoms with Gasteiger partial charge in [-0.25, -0.2) is 9.13 Å². The van der Waals surface area contributed by atoms with Crippen LogP contribution < -0.4 is 0 Å². The third-order valence-corrected chi connectivity index (χ3v) is 19.8. The van der Waals surface area contributed by atoms with Crippen molar-refractivity contribution in [3.63, 3.8) is 0 Å². The quantitative estimate of drug-likeness (QED) is 0.0222. The van der Waals surface area contributed by atoms with E-state index in [9.17, 15) is 43.2 Å². The number of carbonyl (C=O) groups excluding carboxylic acids is 4. The minimum absolute atomic E-state index is 0.107. The third kappa shape index (κ3) is 67.3. The minimum Gasteiger partial charge on any atom is -0.462 e. The first-order valence-corrected chi connectivity index (χ1v) is 42.2. The summed E-state index contributed by atoms with van der Waals surface area (Å²) in [5, 5.41) is 10.6. The van der Waals surface area contributed by atoms with Crippen molar-refractivity contribution in [2.75, 3.05) is 39.6 Å². The number of aliphatic hydroxyl groups excluding tert-OH is 1. The van der Waals surface area contributed by atoms with Crippen molar-refractivity contribution >= 4 is 39.5 Å². The van der Waals surface area contributed by atoms with E-state index in [4.69, 9.17) is 37.0 Å². The lowest BCUT2D eigenvalue weighted by Crippen LogP contribution is -2.30. The van der Waals surface area contributed by atoms with E-state index in [1.54, 1.807) is 0 Å². The molecule has 0 amide bonds. The number of phosphoric acid groups is 2. The molecule has 0 aliphatic heterocycles. The fraction of sp³-hybridized carbons (Fsp3) is 0.947. The average molecular weight is 1380 g/mol. The van der Waals surface area contributed by atoms with Gasteiger partial charge in [0.15, 0.2) is 12.2 Å². The van der Waals surface area contributed by atoms with Gasteiger partial charge in [-0.1, -0.05) is 343 Å². The Bertz CT molecular complexity index is 1810. The number of esters is 4. The second kappa shape index (κ2) is 68.2. The zero-order chi connectivity index (χ0) is 69.1. The van der Waals surface area contributed by atoms with Gasteiger partial charge in [-0.05, 0) is 31.6 Å². The molecule has 17 nitrogen and oxygen atoms in total. The Hall–Kier alpha value is -1.94. The lowest BCUT2D eigenvalue weighted by atomic mass is 9.99. The Morgan fingerprint density at radius 3 is 0.755 bits per heavy atom. The van der Waals surface area contributed by atoms with E-state index in [0.29, 0.717) is 25.7 Å². The normalized spacial score (nSPS) is 14.3. The number of rotatable bonds is 75. The maximum Gasteiger partial charge on any atom is 0.472 e. The van der Waals surface area contributed by atoms with Crippen LogP contribution in [0.5, 0.6) is 0 Å². The fourth-order valence-corrected chi connectivity index (χ4v) is 13.1. The number of hydrogen-bond donors (Lipinski definition) is 3. The van der Waals surface area contributed by atoms with Crippen LogP contribution in [0.25, 0.3) is 0 Å². The summed E-state index contributed by atoms with van der Waals surface area (Å²) in [5.74, 6) is -1.31. The molecular formula is C75H146O17P2. The molecule has 19 heteroatoms. The average Bonchev–Trinajstić information content (AvgIpc) is 1.28. The van der Waals surface area contributed by atoms with Crippen molar-refractivity contribution in [2.24, 2.45) is 5.92 Å². The smallest absolute Gasteiger partial charge is 0.462 e. The SMILES string of the molecule is CCCCCCCCCCCCCCCCCCCCCC(=O)O[C@H](COC(=O)CCCCCCCCCCCCC(C)CC)COP(=O)(O)OC[C@@H](O)COP(=O)(O)OC[C@@H](COC(=O)CCCCCCCCCCCC)OC(=O)CCCCCCCCCCCCC. The first-order chi connectivity index (χ1) is 45.6. The second-order valence-corrected chi connectivity index (χ2v) is 30.2. The van der Waals surface area contributed by atoms with Gasteiger partial charge in [-0.15, -0.1) is 0 Å². The molecule has 558 valence electrons. The molecule has 0 fully saturated rings. The van der Waals surface area contributed by atoms with Crippen LogP contribution in [0.4, 0.5) is 0 Å². The Morgan fingerprint density at radius 1 is 0.298 bits per heavy atom. The lowest BCUT2D eigenvalue weighted by Gasteiger charge is -2.21. The van der Waals surface area contributed by atoms with Gasteiger partial charge in [0.2, 0.25) is 0 Å². The van der Waals surface area contributed by atoms with Crippen LogP contribution in [-0.4, -0.2) is 96.7 Å². The number of aliphatic hydroxyl groups is 1. The highest BCUT2D eigenvalue weighted by atomic mass is 31.2. The minimum atomic E-state index is -4.96. The van der Waals surface area contributed by atoms with E-state index in [1.807, 2.05) is 0 Å². The van der Waals surface area contributed by atoms with Crippen molar-refractivity contribution in [1.29, 1.82) is 0 Å². The van der Waals surface area contributed by atoms with Crippen molar-refractivity contribution in [3.8, 4) is 0 Å². The number of ether oxygens (including phenoxy) is 4. The second-order valence-electron chi connectivity index (χ2n) is 27.3. The van der Waals surface area contributed by atoms with Crippen LogP contribution in [0.1, 0.15) is 394 Å². The van der Waals surface area contributed by atoms with Gasteiger partial charge in [0.25, 0.3) is 0 Å². The topological polar surface area (TPSA) is 237 Å². The molecule has 0 heterocycles. The summed E-state index contributed by atoms with van der Waals surface area (Å²) in [6.45, 7) is 7.30. The molecule has 0 saturated carbocycles. The van der Waals surface area contributed by atoms with Crippen LogP contribution >= 0.6 is 15.6 Å². The van der Waals surface area contributed by atoms with Gasteiger partial charge in [0, 0.05) is 25.7 Å². The first-order valence-electron chi connectivity index (χ1n) is 39.2. The molecule has 0 rings (SSSR count). The molecule has 94 heavy (non-hydrogen) atoms. The van der Waals surface area contributed by atoms with Gasteiger partial charge in [-0.3, -0.25) is 37.3 Å². The molecule has 3 N–H and O–H groups in total. The zero-order valence-corrected chi connectivity index (χ0v) is 62.9. The molecule has 0 aromatic heterocycles. The summed E-state index contributed by atoms with van der Waals surface area (Å²) in [4.78, 5) is 72.7. The summed E-state index contributed by atoms with van der Waals surface area (Å²) in [6, 6.07) is 0. The summed E-state index contributed by atoms with van der Waals surface area (Å²) in [7, 11) is -9.91. The summed E-state index contributed by atoms with van der Waals surface area (Å²) in [5.41, 5.74) is 0. The molecule has 6 atom stereocenters. The molecule has 0 aromatic rings. The maximum atomic E-state index is 13.1. The molecule has 0 saturated heterocycles. The summed E-state index contributed by atoms with van der Waals surface area (Å²) in [6.07, 6.45) is 56.7. The molecule has 3 unspecified atom stereocenters. The van der Waals surface area contributed by atoms with Crippen molar-refractivity contribution < 1.29 is 80.2 Å². The molecular weight excluding hydrogens is 1230 g/mol. The lowest BCUT2D eigenvalue weighted by molar-refractivity contribution is -0.161. The van der Waals surface area contributed by atoms with Gasteiger partial charge >= 0.3 is 39.5 Å². The fourth-order valence-electron chi connectivity index (χ4n) is 11.5. The van der Waals surface area contributed by atoms with Crippen LogP contribution in [0.2, 0.25) is 0 Å². The third-order valence-electron chi connectivity index (χ3n) is 17.9. The first kappa shape index (κ1) is 92.1. The highest BCUT2D eigenvalue weighted by molar-refractivity contribution is 7.47. The van der Waals surface area contributed by atoms with Gasteiger partial charge < -0.3 is 33.8 Å². The number of phosphoric ester groups is 2. The molecule has 0 aromatic carbocycles. The highest BCUT2D eigenvalue weighted by Crippen LogP contribution is 2.45. The number of hydrogen-bond acceptors (Lipinski definition) is 15. The molecule has 0 aliphatic carbocycles. The molecule has 0 spiro atoms. The van der Waals surface area contributed by atoms with Crippen LogP contribution in [-0.2, 0) is 65.4 Å². The van der Waals surface area contributed by atoms with E-state index in [1.165, 1.54) is 218 Å². The summed E-state index contributed by atoms with van der Waals surface area (Å²) >= 11 is 0. The van der Waals surface area contributed by atoms with E-state index in [-0.39, 0.29) is 25.7 Å². The zero-order valence-electron chi connectivity index (χ0n) is 61.1. The molecule has 0 radical (unpaired) electrons.